The van der Waals surface area contributed by atoms with Crippen LogP contribution in [-0.2, 0) is 13.1 Å². The van der Waals surface area contributed by atoms with Gasteiger partial charge < -0.3 is 10.2 Å². The van der Waals surface area contributed by atoms with Gasteiger partial charge in [0.1, 0.15) is 5.84 Å². The Kier molecular flexibility index (Phi) is 5.22. The van der Waals surface area contributed by atoms with E-state index in [4.69, 9.17) is 4.99 Å². The lowest BCUT2D eigenvalue weighted by atomic mass is 9.96. The third-order valence-corrected chi connectivity index (χ3v) is 6.07. The number of likely N-dealkylation sites (tertiary alicyclic amines) is 1. The maximum atomic E-state index is 13.1. The molecular weight excluding hydrogens is 386 g/mol. The van der Waals surface area contributed by atoms with E-state index in [-0.39, 0.29) is 5.91 Å². The molecule has 6 heteroatoms. The van der Waals surface area contributed by atoms with Crippen LogP contribution < -0.4 is 10.6 Å². The van der Waals surface area contributed by atoms with Crippen molar-refractivity contribution in [2.24, 2.45) is 4.99 Å². The van der Waals surface area contributed by atoms with Crippen LogP contribution >= 0.6 is 0 Å². The number of benzene rings is 2. The summed E-state index contributed by atoms with van der Waals surface area (Å²) in [5.74, 6) is 0.902. The summed E-state index contributed by atoms with van der Waals surface area (Å²) in [6, 6.07) is 22.2. The van der Waals surface area contributed by atoms with Crippen LogP contribution in [-0.4, -0.2) is 40.3 Å². The van der Waals surface area contributed by atoms with Crippen LogP contribution in [0.4, 0.5) is 5.69 Å². The molecule has 2 N–H and O–H groups in total. The van der Waals surface area contributed by atoms with E-state index in [1.54, 1.807) is 18.5 Å². The Balaban J connectivity index is 1.45. The van der Waals surface area contributed by atoms with E-state index in [0.717, 1.165) is 30.1 Å². The Labute approximate surface area is 182 Å². The Morgan fingerprint density at radius 1 is 1.06 bits per heavy atom. The molecule has 3 aromatic rings. The SMILES string of the molecule is O=C(c1cccnc1)N1CC[C@@]2(C1)NCc1ccccc1NC2=NCc1ccccc1. The van der Waals surface area contributed by atoms with Gasteiger partial charge in [0.25, 0.3) is 5.91 Å². The summed E-state index contributed by atoms with van der Waals surface area (Å²) in [6.07, 6.45) is 4.12. The highest BCUT2D eigenvalue weighted by molar-refractivity contribution is 6.05. The van der Waals surface area contributed by atoms with Crippen molar-refractivity contribution in [1.82, 2.24) is 15.2 Å². The molecule has 1 spiro atoms. The molecule has 156 valence electrons. The number of nitrogens with zero attached hydrogens (tertiary/aromatic N) is 3. The monoisotopic (exact) mass is 411 g/mol. The molecule has 3 heterocycles. The molecule has 1 saturated heterocycles. The number of carbonyl (C=O) groups excluding carboxylic acids is 1. The molecular formula is C25H25N5O. The Morgan fingerprint density at radius 3 is 2.74 bits per heavy atom. The van der Waals surface area contributed by atoms with Gasteiger partial charge in [0.15, 0.2) is 0 Å². The van der Waals surface area contributed by atoms with Crippen LogP contribution in [0.25, 0.3) is 0 Å². The van der Waals surface area contributed by atoms with E-state index in [1.807, 2.05) is 41.3 Å². The summed E-state index contributed by atoms with van der Waals surface area (Å²) in [5, 5.41) is 7.33. The number of nitrogens with one attached hydrogen (secondary N) is 2. The first-order chi connectivity index (χ1) is 15.2. The molecule has 1 aromatic heterocycles. The van der Waals surface area contributed by atoms with Gasteiger partial charge in [-0.25, -0.2) is 0 Å². The van der Waals surface area contributed by atoms with Crippen LogP contribution in [0.5, 0.6) is 0 Å². The maximum absolute atomic E-state index is 13.1. The molecule has 0 radical (unpaired) electrons. The number of anilines is 1. The van der Waals surface area contributed by atoms with Gasteiger partial charge in [0.05, 0.1) is 17.6 Å². The van der Waals surface area contributed by atoms with E-state index in [9.17, 15) is 4.79 Å². The predicted molar refractivity (Wildman–Crippen MR) is 122 cm³/mol. The van der Waals surface area contributed by atoms with Crippen molar-refractivity contribution in [2.75, 3.05) is 18.4 Å². The number of aliphatic imine (C=N–C) groups is 1. The van der Waals surface area contributed by atoms with E-state index >= 15 is 0 Å². The number of aromatic nitrogens is 1. The summed E-state index contributed by atoms with van der Waals surface area (Å²) in [6.45, 7) is 2.55. The normalized spacial score (nSPS) is 21.5. The summed E-state index contributed by atoms with van der Waals surface area (Å²) in [4.78, 5) is 24.1. The minimum absolute atomic E-state index is 0.0101. The number of pyridine rings is 1. The summed E-state index contributed by atoms with van der Waals surface area (Å²) in [7, 11) is 0. The first kappa shape index (κ1) is 19.5. The molecule has 5 rings (SSSR count). The zero-order valence-electron chi connectivity index (χ0n) is 17.3. The van der Waals surface area contributed by atoms with Crippen molar-refractivity contribution in [1.29, 1.82) is 0 Å². The fourth-order valence-electron chi connectivity index (χ4n) is 4.33. The highest BCUT2D eigenvalue weighted by Gasteiger charge is 2.45. The van der Waals surface area contributed by atoms with E-state index < -0.39 is 5.54 Å². The molecule has 0 unspecified atom stereocenters. The lowest BCUT2D eigenvalue weighted by molar-refractivity contribution is 0.0785. The first-order valence-electron chi connectivity index (χ1n) is 10.6. The van der Waals surface area contributed by atoms with Crippen molar-refractivity contribution in [3.63, 3.8) is 0 Å². The van der Waals surface area contributed by atoms with E-state index in [0.29, 0.717) is 25.2 Å². The number of carbonyl (C=O) groups is 1. The van der Waals surface area contributed by atoms with Gasteiger partial charge in [-0.3, -0.25) is 20.1 Å². The third kappa shape index (κ3) is 3.94. The molecule has 0 bridgehead atoms. The Bertz CT molecular complexity index is 1100. The molecule has 1 atom stereocenters. The molecule has 1 amide bonds. The minimum atomic E-state index is -0.411. The fourth-order valence-corrected chi connectivity index (χ4v) is 4.33. The highest BCUT2D eigenvalue weighted by Crippen LogP contribution is 2.30. The van der Waals surface area contributed by atoms with Crippen LogP contribution in [0.3, 0.4) is 0 Å². The van der Waals surface area contributed by atoms with Gasteiger partial charge in [-0.2, -0.15) is 0 Å². The van der Waals surface area contributed by atoms with Crippen LogP contribution in [0.1, 0.15) is 27.9 Å². The second kappa shape index (κ2) is 8.32. The van der Waals surface area contributed by atoms with Crippen molar-refractivity contribution < 1.29 is 4.79 Å². The Morgan fingerprint density at radius 2 is 1.90 bits per heavy atom. The largest absolute Gasteiger partial charge is 0.342 e. The molecule has 1 fully saturated rings. The number of amidine groups is 1. The molecule has 2 aromatic carbocycles. The second-order valence-corrected chi connectivity index (χ2v) is 8.09. The van der Waals surface area contributed by atoms with Gasteiger partial charge >= 0.3 is 0 Å². The smallest absolute Gasteiger partial charge is 0.255 e. The van der Waals surface area contributed by atoms with Gasteiger partial charge in [0.2, 0.25) is 0 Å². The number of hydrogen-bond donors (Lipinski definition) is 2. The van der Waals surface area contributed by atoms with Gasteiger partial charge in [-0.1, -0.05) is 48.5 Å². The molecule has 2 aliphatic heterocycles. The van der Waals surface area contributed by atoms with Crippen LogP contribution in [0, 0.1) is 0 Å². The molecule has 0 aliphatic carbocycles. The first-order valence-corrected chi connectivity index (χ1v) is 10.6. The van der Waals surface area contributed by atoms with E-state index in [2.05, 4.69) is 39.9 Å². The van der Waals surface area contributed by atoms with E-state index in [1.165, 1.54) is 5.56 Å². The Hall–Kier alpha value is -3.51. The van der Waals surface area contributed by atoms with Crippen molar-refractivity contribution in [3.05, 3.63) is 95.8 Å². The van der Waals surface area contributed by atoms with Gasteiger partial charge in [-0.05, 0) is 35.7 Å². The summed E-state index contributed by atoms with van der Waals surface area (Å²) < 4.78 is 0. The van der Waals surface area contributed by atoms with Crippen LogP contribution in [0.2, 0.25) is 0 Å². The lowest BCUT2D eigenvalue weighted by Crippen LogP contribution is -2.55. The van der Waals surface area contributed by atoms with Crippen LogP contribution in [0.15, 0.2) is 84.1 Å². The van der Waals surface area contributed by atoms with Gasteiger partial charge in [-0.15, -0.1) is 0 Å². The number of para-hydroxylation sites is 1. The zero-order chi connectivity index (χ0) is 21.1. The molecule has 0 saturated carbocycles. The summed E-state index contributed by atoms with van der Waals surface area (Å²) in [5.41, 5.74) is 3.63. The fraction of sp³-hybridized carbons (Fsp3) is 0.240. The van der Waals surface area contributed by atoms with Gasteiger partial charge in [0, 0.05) is 37.7 Å². The molecule has 6 nitrogen and oxygen atoms in total. The third-order valence-electron chi connectivity index (χ3n) is 6.07. The maximum Gasteiger partial charge on any atom is 0.255 e. The average Bonchev–Trinajstić information content (AvgIpc) is 3.20. The number of amides is 1. The van der Waals surface area contributed by atoms with Crippen molar-refractivity contribution >= 4 is 17.4 Å². The zero-order valence-corrected chi connectivity index (χ0v) is 17.3. The molecule has 2 aliphatic rings. The molecule has 31 heavy (non-hydrogen) atoms. The number of fused-ring (bicyclic) bond motifs is 1. The standard InChI is InChI=1S/C25H25N5O/c31-23(21-10-6-13-26-16-21)30-14-12-25(18-30)24(27-15-19-7-2-1-3-8-19)29-22-11-5-4-9-20(22)17-28-25/h1-11,13,16,28H,12,14-15,17-18H2,(H,27,29)/t25-/m0/s1. The average molecular weight is 412 g/mol. The topological polar surface area (TPSA) is 69.6 Å². The second-order valence-electron chi connectivity index (χ2n) is 8.09. The number of hydrogen-bond acceptors (Lipinski definition) is 4. The number of rotatable bonds is 3. The summed E-state index contributed by atoms with van der Waals surface area (Å²) >= 11 is 0. The predicted octanol–water partition coefficient (Wildman–Crippen LogP) is 3.48. The quantitative estimate of drug-likeness (QED) is 0.692. The minimum Gasteiger partial charge on any atom is -0.342 e. The lowest BCUT2D eigenvalue weighted by Gasteiger charge is -2.30. The van der Waals surface area contributed by atoms with Crippen molar-refractivity contribution in [2.45, 2.75) is 25.0 Å². The highest BCUT2D eigenvalue weighted by atomic mass is 16.2. The van der Waals surface area contributed by atoms with Crippen molar-refractivity contribution in [3.8, 4) is 0 Å².